The van der Waals surface area contributed by atoms with Crippen LogP contribution in [-0.2, 0) is 19.6 Å². The maximum atomic E-state index is 5.68. The molecule has 0 aliphatic carbocycles. The Hall–Kier alpha value is -2.95. The maximum absolute atomic E-state index is 5.68. The Labute approximate surface area is 212 Å². The topological polar surface area (TPSA) is 81.9 Å². The lowest BCUT2D eigenvalue weighted by Crippen LogP contribution is -2.36. The van der Waals surface area contributed by atoms with Gasteiger partial charge in [0.25, 0.3) is 0 Å². The van der Waals surface area contributed by atoms with Gasteiger partial charge in [-0.3, -0.25) is 9.67 Å². The second-order valence-electron chi connectivity index (χ2n) is 7.01. The minimum Gasteiger partial charge on any atom is -0.493 e. The molecule has 0 unspecified atom stereocenters. The predicted molar refractivity (Wildman–Crippen MR) is 141 cm³/mol. The first-order valence-electron chi connectivity index (χ1n) is 10.5. The number of guanidine groups is 1. The van der Waals surface area contributed by atoms with E-state index in [1.54, 1.807) is 27.5 Å². The zero-order valence-electron chi connectivity index (χ0n) is 19.5. The lowest BCUT2D eigenvalue weighted by molar-refractivity contribution is 0.288. The van der Waals surface area contributed by atoms with Crippen molar-refractivity contribution in [2.24, 2.45) is 4.99 Å². The van der Waals surface area contributed by atoms with Crippen molar-refractivity contribution in [1.82, 2.24) is 20.4 Å². The van der Waals surface area contributed by atoms with Crippen LogP contribution in [0.25, 0.3) is 0 Å². The monoisotopic (exact) mass is 565 g/mol. The van der Waals surface area contributed by atoms with Crippen LogP contribution in [0.4, 0.5) is 0 Å². The van der Waals surface area contributed by atoms with Crippen LogP contribution < -0.4 is 24.8 Å². The number of methoxy groups -OCH3 is 2. The number of nitrogens with zero attached hydrogens (tertiary/aromatic N) is 3. The van der Waals surface area contributed by atoms with Crippen molar-refractivity contribution in [3.8, 4) is 17.2 Å². The van der Waals surface area contributed by atoms with Crippen LogP contribution in [0.15, 0.2) is 59.9 Å². The first kappa shape index (κ1) is 26.3. The highest BCUT2D eigenvalue weighted by Crippen LogP contribution is 2.38. The van der Waals surface area contributed by atoms with E-state index >= 15 is 0 Å². The molecule has 3 aromatic rings. The zero-order valence-corrected chi connectivity index (χ0v) is 21.8. The average Bonchev–Trinajstić information content (AvgIpc) is 3.33. The van der Waals surface area contributed by atoms with E-state index in [2.05, 4.69) is 32.9 Å². The van der Waals surface area contributed by atoms with Crippen molar-refractivity contribution in [3.63, 3.8) is 0 Å². The molecule has 0 saturated heterocycles. The molecule has 2 N–H and O–H groups in total. The van der Waals surface area contributed by atoms with Crippen LogP contribution in [0.3, 0.4) is 0 Å². The molecule has 0 radical (unpaired) electrons. The van der Waals surface area contributed by atoms with Crippen LogP contribution in [0.2, 0.25) is 0 Å². The number of rotatable bonds is 10. The van der Waals surface area contributed by atoms with Gasteiger partial charge in [0.2, 0.25) is 5.75 Å². The highest BCUT2D eigenvalue weighted by molar-refractivity contribution is 14.0. The molecule has 33 heavy (non-hydrogen) atoms. The zero-order chi connectivity index (χ0) is 22.8. The highest BCUT2D eigenvalue weighted by atomic mass is 127. The largest absolute Gasteiger partial charge is 0.493 e. The fourth-order valence-corrected chi connectivity index (χ4v) is 3.36. The van der Waals surface area contributed by atoms with Crippen molar-refractivity contribution in [1.29, 1.82) is 0 Å². The predicted octanol–water partition coefficient (Wildman–Crippen LogP) is 3.83. The van der Waals surface area contributed by atoms with E-state index in [9.17, 15) is 0 Å². The molecule has 0 saturated carbocycles. The van der Waals surface area contributed by atoms with E-state index in [1.807, 2.05) is 48.1 Å². The first-order chi connectivity index (χ1) is 15.7. The van der Waals surface area contributed by atoms with E-state index in [0.717, 1.165) is 12.1 Å². The van der Waals surface area contributed by atoms with Crippen molar-refractivity contribution >= 4 is 29.9 Å². The smallest absolute Gasteiger partial charge is 0.203 e. The number of benzene rings is 2. The van der Waals surface area contributed by atoms with Gasteiger partial charge in [0.1, 0.15) is 0 Å². The van der Waals surface area contributed by atoms with Gasteiger partial charge >= 0.3 is 0 Å². The van der Waals surface area contributed by atoms with Crippen molar-refractivity contribution < 1.29 is 14.2 Å². The van der Waals surface area contributed by atoms with Crippen LogP contribution in [-0.4, -0.2) is 43.6 Å². The van der Waals surface area contributed by atoms with Gasteiger partial charge in [-0.25, -0.2) is 0 Å². The van der Waals surface area contributed by atoms with Gasteiger partial charge < -0.3 is 24.8 Å². The van der Waals surface area contributed by atoms with Crippen LogP contribution in [0, 0.1) is 0 Å². The van der Waals surface area contributed by atoms with E-state index in [-0.39, 0.29) is 24.0 Å². The van der Waals surface area contributed by atoms with E-state index in [0.29, 0.717) is 42.9 Å². The third-order valence-electron chi connectivity index (χ3n) is 4.95. The minimum atomic E-state index is 0. The summed E-state index contributed by atoms with van der Waals surface area (Å²) in [7, 11) is 5.00. The van der Waals surface area contributed by atoms with Gasteiger partial charge in [-0.05, 0) is 41.8 Å². The summed E-state index contributed by atoms with van der Waals surface area (Å²) in [6.45, 7) is 4.38. The summed E-state index contributed by atoms with van der Waals surface area (Å²) in [6, 6.07) is 14.1. The molecule has 0 spiro atoms. The summed E-state index contributed by atoms with van der Waals surface area (Å²) < 4.78 is 18.6. The van der Waals surface area contributed by atoms with Crippen LogP contribution in [0.5, 0.6) is 17.2 Å². The number of hydrogen-bond acceptors (Lipinski definition) is 5. The maximum Gasteiger partial charge on any atom is 0.203 e. The first-order valence-corrected chi connectivity index (χ1v) is 10.5. The number of ether oxygens (including phenoxy) is 3. The van der Waals surface area contributed by atoms with E-state index in [4.69, 9.17) is 14.2 Å². The Bertz CT molecular complexity index is 1000. The molecular weight excluding hydrogens is 533 g/mol. The Balaban J connectivity index is 0.00000385. The van der Waals surface area contributed by atoms with E-state index < -0.39 is 0 Å². The van der Waals surface area contributed by atoms with Crippen LogP contribution >= 0.6 is 24.0 Å². The Morgan fingerprint density at radius 3 is 2.24 bits per heavy atom. The second-order valence-corrected chi connectivity index (χ2v) is 7.01. The van der Waals surface area contributed by atoms with E-state index in [1.165, 1.54) is 11.1 Å². The molecular formula is C24H32IN5O3. The van der Waals surface area contributed by atoms with Gasteiger partial charge in [0.15, 0.2) is 17.5 Å². The summed E-state index contributed by atoms with van der Waals surface area (Å²) in [6.07, 6.45) is 3.75. The van der Waals surface area contributed by atoms with Gasteiger partial charge in [0.05, 0.1) is 27.4 Å². The number of hydrogen-bond donors (Lipinski definition) is 2. The highest BCUT2D eigenvalue weighted by Gasteiger charge is 2.14. The SMILES string of the molecule is CCOc1c(OC)cc(CNC(=NC)NCc2ccccc2Cn2cccn2)cc1OC.I. The lowest BCUT2D eigenvalue weighted by atomic mass is 10.1. The van der Waals surface area contributed by atoms with Gasteiger partial charge in [-0.15, -0.1) is 24.0 Å². The summed E-state index contributed by atoms with van der Waals surface area (Å²) in [5.41, 5.74) is 3.39. The van der Waals surface area contributed by atoms with Crippen molar-refractivity contribution in [2.75, 3.05) is 27.9 Å². The molecule has 0 aliphatic rings. The molecule has 8 nitrogen and oxygen atoms in total. The number of aromatic nitrogens is 2. The summed E-state index contributed by atoms with van der Waals surface area (Å²) in [5, 5.41) is 11.0. The Morgan fingerprint density at radius 1 is 1.00 bits per heavy atom. The number of halogens is 1. The van der Waals surface area contributed by atoms with Crippen molar-refractivity contribution in [3.05, 3.63) is 71.5 Å². The fraction of sp³-hybridized carbons (Fsp3) is 0.333. The summed E-state index contributed by atoms with van der Waals surface area (Å²) in [5.74, 6) is 2.58. The fourth-order valence-electron chi connectivity index (χ4n) is 3.36. The van der Waals surface area contributed by atoms with Gasteiger partial charge in [0, 0.05) is 32.5 Å². The second kappa shape index (κ2) is 13.6. The molecule has 0 amide bonds. The summed E-state index contributed by atoms with van der Waals surface area (Å²) >= 11 is 0. The van der Waals surface area contributed by atoms with Gasteiger partial charge in [-0.2, -0.15) is 5.10 Å². The molecule has 178 valence electrons. The van der Waals surface area contributed by atoms with Crippen LogP contribution in [0.1, 0.15) is 23.6 Å². The minimum absolute atomic E-state index is 0. The third-order valence-corrected chi connectivity index (χ3v) is 4.95. The average molecular weight is 565 g/mol. The lowest BCUT2D eigenvalue weighted by Gasteiger charge is -2.17. The quantitative estimate of drug-likeness (QED) is 0.221. The molecule has 9 heteroatoms. The standard InChI is InChI=1S/C24H31N5O3.HI/c1-5-32-23-21(30-3)13-18(14-22(23)31-4)15-26-24(25-2)27-16-19-9-6-7-10-20(19)17-29-12-8-11-28-29;/h6-14H,5,15-17H2,1-4H3,(H2,25,26,27);1H. The summed E-state index contributed by atoms with van der Waals surface area (Å²) in [4.78, 5) is 4.35. The molecule has 3 rings (SSSR count). The number of aliphatic imine (C=N–C) groups is 1. The molecule has 1 heterocycles. The number of nitrogens with one attached hydrogen (secondary N) is 2. The molecule has 0 atom stereocenters. The molecule has 0 fully saturated rings. The van der Waals surface area contributed by atoms with Crippen molar-refractivity contribution in [2.45, 2.75) is 26.6 Å². The molecule has 1 aromatic heterocycles. The molecule has 0 bridgehead atoms. The molecule has 2 aromatic carbocycles. The normalized spacial score (nSPS) is 10.8. The third kappa shape index (κ3) is 7.28. The van der Waals surface area contributed by atoms with Gasteiger partial charge in [-0.1, -0.05) is 24.3 Å². The Kier molecular flexibility index (Phi) is 10.8. The molecule has 0 aliphatic heterocycles. The Morgan fingerprint density at radius 2 is 1.67 bits per heavy atom.